The molecule has 0 spiro atoms. The maximum Gasteiger partial charge on any atom is 0.271 e. The summed E-state index contributed by atoms with van der Waals surface area (Å²) in [4.78, 5) is 12.1. The summed E-state index contributed by atoms with van der Waals surface area (Å²) in [6, 6.07) is 22.1. The Morgan fingerprint density at radius 1 is 1.00 bits per heavy atom. The van der Waals surface area contributed by atoms with Crippen LogP contribution in [0.4, 0.5) is 0 Å². The zero-order valence-electron chi connectivity index (χ0n) is 16.0. The minimum atomic E-state index is -0.336. The molecule has 0 unspecified atom stereocenters. The van der Waals surface area contributed by atoms with E-state index in [0.717, 1.165) is 11.1 Å². The van der Waals surface area contributed by atoms with E-state index in [4.69, 9.17) is 21.1 Å². The summed E-state index contributed by atoms with van der Waals surface area (Å²) < 4.78 is 11.6. The molecular weight excluding hydrogens is 388 g/mol. The van der Waals surface area contributed by atoms with E-state index in [9.17, 15) is 4.79 Å². The topological polar surface area (TPSA) is 59.9 Å². The normalized spacial score (nSPS) is 10.7. The van der Waals surface area contributed by atoms with Gasteiger partial charge in [0.15, 0.2) is 11.5 Å². The molecule has 1 N–H and O–H groups in total. The Hall–Kier alpha value is -3.31. The Bertz CT molecular complexity index is 990. The highest BCUT2D eigenvalue weighted by molar-refractivity contribution is 6.30. The second-order valence-corrected chi connectivity index (χ2v) is 6.56. The largest absolute Gasteiger partial charge is 0.490 e. The van der Waals surface area contributed by atoms with Gasteiger partial charge in [-0.15, -0.1) is 0 Å². The van der Waals surface area contributed by atoms with Gasteiger partial charge in [-0.1, -0.05) is 48.0 Å². The summed E-state index contributed by atoms with van der Waals surface area (Å²) in [6.07, 6.45) is 1.55. The number of carbonyl (C=O) groups excluding carboxylic acids is 1. The average molecular weight is 409 g/mol. The smallest absolute Gasteiger partial charge is 0.271 e. The molecule has 0 heterocycles. The van der Waals surface area contributed by atoms with Crippen LogP contribution >= 0.6 is 11.6 Å². The van der Waals surface area contributed by atoms with Crippen molar-refractivity contribution in [1.29, 1.82) is 0 Å². The van der Waals surface area contributed by atoms with Crippen molar-refractivity contribution >= 4 is 23.7 Å². The van der Waals surface area contributed by atoms with E-state index in [1.807, 2.05) is 55.5 Å². The van der Waals surface area contributed by atoms with Crippen molar-refractivity contribution in [3.8, 4) is 11.5 Å². The fraction of sp³-hybridized carbons (Fsp3) is 0.130. The minimum absolute atomic E-state index is 0.336. The molecule has 0 bridgehead atoms. The SMILES string of the molecule is CCOc1cc(/C=N/NC(=O)c2cccc(Cl)c2)ccc1OCc1ccccc1. The molecular formula is C23H21ClN2O3. The van der Waals surface area contributed by atoms with Gasteiger partial charge in [0.05, 0.1) is 12.8 Å². The molecule has 3 aromatic carbocycles. The lowest BCUT2D eigenvalue weighted by Crippen LogP contribution is -2.17. The lowest BCUT2D eigenvalue weighted by molar-refractivity contribution is 0.0955. The van der Waals surface area contributed by atoms with Gasteiger partial charge in [0, 0.05) is 10.6 Å². The highest BCUT2D eigenvalue weighted by Gasteiger charge is 2.07. The second kappa shape index (κ2) is 10.3. The predicted octanol–water partition coefficient (Wildman–Crippen LogP) is 5.08. The van der Waals surface area contributed by atoms with E-state index in [2.05, 4.69) is 10.5 Å². The van der Waals surface area contributed by atoms with Gasteiger partial charge in [-0.25, -0.2) is 5.43 Å². The molecule has 0 saturated heterocycles. The number of hydrogen-bond donors (Lipinski definition) is 1. The molecule has 0 radical (unpaired) electrons. The molecule has 3 rings (SSSR count). The standard InChI is InChI=1S/C23H21ClN2O3/c1-2-28-22-13-18(11-12-21(22)29-16-17-7-4-3-5-8-17)15-25-26-23(27)19-9-6-10-20(24)14-19/h3-15H,2,16H2,1H3,(H,26,27)/b25-15+. The molecule has 0 aliphatic carbocycles. The van der Waals surface area contributed by atoms with Crippen LogP contribution in [0.15, 0.2) is 77.9 Å². The number of nitrogens with one attached hydrogen (secondary N) is 1. The number of rotatable bonds is 8. The van der Waals surface area contributed by atoms with Crippen molar-refractivity contribution in [2.75, 3.05) is 6.61 Å². The third kappa shape index (κ3) is 6.09. The first-order valence-corrected chi connectivity index (χ1v) is 9.56. The summed E-state index contributed by atoms with van der Waals surface area (Å²) >= 11 is 5.90. The highest BCUT2D eigenvalue weighted by Crippen LogP contribution is 2.28. The summed E-state index contributed by atoms with van der Waals surface area (Å²) in [7, 11) is 0. The van der Waals surface area contributed by atoms with Gasteiger partial charge in [-0.3, -0.25) is 4.79 Å². The van der Waals surface area contributed by atoms with Gasteiger partial charge < -0.3 is 9.47 Å². The van der Waals surface area contributed by atoms with E-state index < -0.39 is 0 Å². The van der Waals surface area contributed by atoms with Gasteiger partial charge in [-0.05, 0) is 54.4 Å². The van der Waals surface area contributed by atoms with Crippen LogP contribution in [0.5, 0.6) is 11.5 Å². The van der Waals surface area contributed by atoms with Crippen LogP contribution in [0.2, 0.25) is 5.02 Å². The van der Waals surface area contributed by atoms with E-state index in [-0.39, 0.29) is 5.91 Å². The predicted molar refractivity (Wildman–Crippen MR) is 115 cm³/mol. The first-order valence-electron chi connectivity index (χ1n) is 9.18. The number of carbonyl (C=O) groups is 1. The van der Waals surface area contributed by atoms with Crippen LogP contribution in [0.25, 0.3) is 0 Å². The maximum atomic E-state index is 12.1. The maximum absolute atomic E-state index is 12.1. The highest BCUT2D eigenvalue weighted by atomic mass is 35.5. The summed E-state index contributed by atoms with van der Waals surface area (Å²) in [5, 5.41) is 4.50. The van der Waals surface area contributed by atoms with Crippen LogP contribution in [0.1, 0.15) is 28.4 Å². The van der Waals surface area contributed by atoms with Crippen molar-refractivity contribution in [1.82, 2.24) is 5.43 Å². The molecule has 148 valence electrons. The third-order valence-corrected chi connectivity index (χ3v) is 4.21. The zero-order chi connectivity index (χ0) is 20.5. The summed E-state index contributed by atoms with van der Waals surface area (Å²) in [5.74, 6) is 0.931. The number of hydrazone groups is 1. The van der Waals surface area contributed by atoms with Crippen molar-refractivity contribution in [2.45, 2.75) is 13.5 Å². The van der Waals surface area contributed by atoms with Crippen LogP contribution in [-0.2, 0) is 6.61 Å². The zero-order valence-corrected chi connectivity index (χ0v) is 16.7. The Kier molecular flexibility index (Phi) is 7.25. The molecule has 1 amide bonds. The van der Waals surface area contributed by atoms with Crippen LogP contribution < -0.4 is 14.9 Å². The number of amides is 1. The molecule has 0 aromatic heterocycles. The minimum Gasteiger partial charge on any atom is -0.490 e. The molecule has 29 heavy (non-hydrogen) atoms. The Labute approximate surface area is 174 Å². The van der Waals surface area contributed by atoms with E-state index in [1.165, 1.54) is 0 Å². The first kappa shape index (κ1) is 20.4. The lowest BCUT2D eigenvalue weighted by Gasteiger charge is -2.12. The molecule has 5 nitrogen and oxygen atoms in total. The van der Waals surface area contributed by atoms with Crippen molar-refractivity contribution in [3.63, 3.8) is 0 Å². The second-order valence-electron chi connectivity index (χ2n) is 6.12. The fourth-order valence-corrected chi connectivity index (χ4v) is 2.78. The monoisotopic (exact) mass is 408 g/mol. The molecule has 0 aliphatic heterocycles. The molecule has 0 aliphatic rings. The first-order chi connectivity index (χ1) is 14.2. The molecule has 0 atom stereocenters. The number of halogens is 1. The molecule has 0 fully saturated rings. The van der Waals surface area contributed by atoms with E-state index in [1.54, 1.807) is 30.5 Å². The van der Waals surface area contributed by atoms with Gasteiger partial charge in [-0.2, -0.15) is 5.10 Å². The van der Waals surface area contributed by atoms with Gasteiger partial charge in [0.1, 0.15) is 6.61 Å². The molecule has 3 aromatic rings. The van der Waals surface area contributed by atoms with Crippen LogP contribution in [0.3, 0.4) is 0 Å². The Morgan fingerprint density at radius 2 is 1.83 bits per heavy atom. The van der Waals surface area contributed by atoms with Crippen molar-refractivity contribution in [3.05, 3.63) is 94.5 Å². The van der Waals surface area contributed by atoms with E-state index in [0.29, 0.717) is 35.3 Å². The van der Waals surface area contributed by atoms with E-state index >= 15 is 0 Å². The summed E-state index contributed by atoms with van der Waals surface area (Å²) in [6.45, 7) is 2.87. The van der Waals surface area contributed by atoms with Crippen LogP contribution in [0, 0.1) is 0 Å². The number of ether oxygens (including phenoxy) is 2. The van der Waals surface area contributed by atoms with Gasteiger partial charge in [0.25, 0.3) is 5.91 Å². The quantitative estimate of drug-likeness (QED) is 0.417. The van der Waals surface area contributed by atoms with Crippen LogP contribution in [-0.4, -0.2) is 18.7 Å². The van der Waals surface area contributed by atoms with Gasteiger partial charge in [0.2, 0.25) is 0 Å². The molecule has 6 heteroatoms. The Balaban J connectivity index is 1.65. The molecule has 0 saturated carbocycles. The lowest BCUT2D eigenvalue weighted by atomic mass is 10.2. The number of nitrogens with zero attached hydrogens (tertiary/aromatic N) is 1. The number of hydrogen-bond acceptors (Lipinski definition) is 4. The third-order valence-electron chi connectivity index (χ3n) is 3.97. The fourth-order valence-electron chi connectivity index (χ4n) is 2.59. The Morgan fingerprint density at radius 3 is 2.59 bits per heavy atom. The average Bonchev–Trinajstić information content (AvgIpc) is 2.74. The van der Waals surface area contributed by atoms with Crippen molar-refractivity contribution < 1.29 is 14.3 Å². The van der Waals surface area contributed by atoms with Gasteiger partial charge >= 0.3 is 0 Å². The summed E-state index contributed by atoms with van der Waals surface area (Å²) in [5.41, 5.74) is 4.77. The van der Waals surface area contributed by atoms with Crippen molar-refractivity contribution in [2.24, 2.45) is 5.10 Å². The number of benzene rings is 3.